The number of hydrogen-bond donors (Lipinski definition) is 0. The van der Waals surface area contributed by atoms with Crippen molar-refractivity contribution in [1.29, 1.82) is 5.26 Å². The molecule has 12 heavy (non-hydrogen) atoms. The molecule has 0 aromatic carbocycles. The van der Waals surface area contributed by atoms with Gasteiger partial charge in [-0.1, -0.05) is 0 Å². The lowest BCUT2D eigenvalue weighted by Gasteiger charge is -2.10. The summed E-state index contributed by atoms with van der Waals surface area (Å²) in [4.78, 5) is 2.38. The molecule has 2 fully saturated rings. The Bertz CT molecular complexity index is 230. The molecule has 1 saturated carbocycles. The lowest BCUT2D eigenvalue weighted by Crippen LogP contribution is -2.16. The monoisotopic (exact) mass is 164 g/mol. The Morgan fingerprint density at radius 1 is 1.58 bits per heavy atom. The fourth-order valence-electron chi connectivity index (χ4n) is 2.51. The van der Waals surface area contributed by atoms with Crippen LogP contribution in [-0.4, -0.2) is 25.0 Å². The lowest BCUT2D eigenvalue weighted by molar-refractivity contribution is 0.367. The van der Waals surface area contributed by atoms with Crippen LogP contribution in [0.5, 0.6) is 0 Å². The highest BCUT2D eigenvalue weighted by atomic mass is 15.1. The SMILES string of the molecule is CN1CCC(C2CC2(C)C#N)C1. The molecule has 0 amide bonds. The van der Waals surface area contributed by atoms with Crippen molar-refractivity contribution >= 4 is 0 Å². The Labute approximate surface area is 74.2 Å². The summed E-state index contributed by atoms with van der Waals surface area (Å²) in [7, 11) is 2.17. The molecular formula is C10H16N2. The molecule has 0 radical (unpaired) electrons. The van der Waals surface area contributed by atoms with Gasteiger partial charge in [0.15, 0.2) is 0 Å². The fourth-order valence-corrected chi connectivity index (χ4v) is 2.51. The van der Waals surface area contributed by atoms with Gasteiger partial charge in [-0.15, -0.1) is 0 Å². The van der Waals surface area contributed by atoms with E-state index in [1.165, 1.54) is 19.5 Å². The highest BCUT2D eigenvalue weighted by Gasteiger charge is 2.55. The van der Waals surface area contributed by atoms with Gasteiger partial charge < -0.3 is 4.90 Å². The van der Waals surface area contributed by atoms with Gasteiger partial charge in [0.2, 0.25) is 0 Å². The summed E-state index contributed by atoms with van der Waals surface area (Å²) in [6.07, 6.45) is 2.44. The van der Waals surface area contributed by atoms with Crippen molar-refractivity contribution < 1.29 is 0 Å². The maximum Gasteiger partial charge on any atom is 0.0689 e. The smallest absolute Gasteiger partial charge is 0.0689 e. The molecule has 0 aromatic rings. The molecule has 1 aliphatic carbocycles. The first-order chi connectivity index (χ1) is 5.65. The number of hydrogen-bond acceptors (Lipinski definition) is 2. The summed E-state index contributed by atoms with van der Waals surface area (Å²) in [5, 5.41) is 8.90. The summed E-state index contributed by atoms with van der Waals surface area (Å²) in [5.41, 5.74) is 0.0375. The standard InChI is InChI=1S/C10H16N2/c1-10(7-11)5-9(10)8-3-4-12(2)6-8/h8-9H,3-6H2,1-2H3. The molecule has 2 rings (SSSR count). The quantitative estimate of drug-likeness (QED) is 0.587. The molecule has 1 aliphatic heterocycles. The third-order valence-electron chi connectivity index (χ3n) is 3.55. The van der Waals surface area contributed by atoms with E-state index in [4.69, 9.17) is 5.26 Å². The van der Waals surface area contributed by atoms with Crippen LogP contribution in [0.25, 0.3) is 0 Å². The first-order valence-corrected chi connectivity index (χ1v) is 4.75. The summed E-state index contributed by atoms with van der Waals surface area (Å²) < 4.78 is 0. The van der Waals surface area contributed by atoms with Crippen molar-refractivity contribution in [3.8, 4) is 6.07 Å². The van der Waals surface area contributed by atoms with E-state index in [9.17, 15) is 0 Å². The van der Waals surface area contributed by atoms with E-state index in [-0.39, 0.29) is 5.41 Å². The van der Waals surface area contributed by atoms with Crippen molar-refractivity contribution in [3.63, 3.8) is 0 Å². The van der Waals surface area contributed by atoms with Crippen LogP contribution in [0.4, 0.5) is 0 Å². The molecular weight excluding hydrogens is 148 g/mol. The van der Waals surface area contributed by atoms with Crippen molar-refractivity contribution in [1.82, 2.24) is 4.90 Å². The van der Waals surface area contributed by atoms with Crippen molar-refractivity contribution in [2.45, 2.75) is 19.8 Å². The van der Waals surface area contributed by atoms with Gasteiger partial charge in [-0.3, -0.25) is 0 Å². The van der Waals surface area contributed by atoms with Crippen LogP contribution in [0, 0.1) is 28.6 Å². The Morgan fingerprint density at radius 3 is 2.75 bits per heavy atom. The molecule has 0 spiro atoms. The maximum atomic E-state index is 8.90. The number of rotatable bonds is 1. The van der Waals surface area contributed by atoms with Crippen LogP contribution in [0.2, 0.25) is 0 Å². The average Bonchev–Trinajstić information content (AvgIpc) is 2.54. The zero-order chi connectivity index (χ0) is 8.77. The third-order valence-corrected chi connectivity index (χ3v) is 3.55. The van der Waals surface area contributed by atoms with Crippen LogP contribution < -0.4 is 0 Å². The van der Waals surface area contributed by atoms with Crippen molar-refractivity contribution in [2.75, 3.05) is 20.1 Å². The Balaban J connectivity index is 1.94. The molecule has 1 heterocycles. The zero-order valence-corrected chi connectivity index (χ0v) is 7.88. The first kappa shape index (κ1) is 8.07. The minimum atomic E-state index is 0.0375. The first-order valence-electron chi connectivity index (χ1n) is 4.75. The molecule has 2 aliphatic rings. The Morgan fingerprint density at radius 2 is 2.33 bits per heavy atom. The van der Waals surface area contributed by atoms with Gasteiger partial charge in [0.25, 0.3) is 0 Å². The minimum Gasteiger partial charge on any atom is -0.306 e. The molecule has 3 atom stereocenters. The van der Waals surface area contributed by atoms with E-state index in [2.05, 4.69) is 24.9 Å². The Hall–Kier alpha value is -0.550. The largest absolute Gasteiger partial charge is 0.306 e. The van der Waals surface area contributed by atoms with E-state index in [0.29, 0.717) is 5.92 Å². The average molecular weight is 164 g/mol. The molecule has 1 saturated heterocycles. The van der Waals surface area contributed by atoms with Gasteiger partial charge >= 0.3 is 0 Å². The van der Waals surface area contributed by atoms with Crippen molar-refractivity contribution in [3.05, 3.63) is 0 Å². The van der Waals surface area contributed by atoms with Gasteiger partial charge in [0.1, 0.15) is 0 Å². The molecule has 0 N–H and O–H groups in total. The highest BCUT2D eigenvalue weighted by molar-refractivity contribution is 5.15. The van der Waals surface area contributed by atoms with Gasteiger partial charge in [0.05, 0.1) is 11.5 Å². The highest BCUT2D eigenvalue weighted by Crippen LogP contribution is 2.57. The van der Waals surface area contributed by atoms with E-state index in [1.54, 1.807) is 0 Å². The molecule has 2 heteroatoms. The van der Waals surface area contributed by atoms with E-state index < -0.39 is 0 Å². The summed E-state index contributed by atoms with van der Waals surface area (Å²) in [5.74, 6) is 1.51. The predicted molar refractivity (Wildman–Crippen MR) is 47.4 cm³/mol. The molecule has 0 bridgehead atoms. The second-order valence-corrected chi connectivity index (χ2v) is 4.65. The van der Waals surface area contributed by atoms with E-state index in [1.807, 2.05) is 0 Å². The van der Waals surface area contributed by atoms with Crippen LogP contribution in [0.3, 0.4) is 0 Å². The lowest BCUT2D eigenvalue weighted by atomic mass is 9.96. The Kier molecular flexibility index (Phi) is 1.66. The van der Waals surface area contributed by atoms with E-state index in [0.717, 1.165) is 12.3 Å². The van der Waals surface area contributed by atoms with Crippen LogP contribution in [0.15, 0.2) is 0 Å². The van der Waals surface area contributed by atoms with Crippen molar-refractivity contribution in [2.24, 2.45) is 17.3 Å². The fraction of sp³-hybridized carbons (Fsp3) is 0.900. The van der Waals surface area contributed by atoms with Gasteiger partial charge in [0, 0.05) is 6.54 Å². The minimum absolute atomic E-state index is 0.0375. The zero-order valence-electron chi connectivity index (χ0n) is 7.88. The van der Waals surface area contributed by atoms with Crippen LogP contribution in [-0.2, 0) is 0 Å². The maximum absolute atomic E-state index is 8.90. The number of likely N-dealkylation sites (tertiary alicyclic amines) is 1. The van der Waals surface area contributed by atoms with Gasteiger partial charge in [-0.2, -0.15) is 5.26 Å². The third kappa shape index (κ3) is 1.13. The number of nitrogens with zero attached hydrogens (tertiary/aromatic N) is 2. The molecule has 3 unspecified atom stereocenters. The second-order valence-electron chi connectivity index (χ2n) is 4.65. The second kappa shape index (κ2) is 2.47. The van der Waals surface area contributed by atoms with Gasteiger partial charge in [-0.05, 0) is 45.2 Å². The van der Waals surface area contributed by atoms with Gasteiger partial charge in [-0.25, -0.2) is 0 Å². The summed E-state index contributed by atoms with van der Waals surface area (Å²) >= 11 is 0. The molecule has 0 aromatic heterocycles. The molecule has 2 nitrogen and oxygen atoms in total. The summed E-state index contributed by atoms with van der Waals surface area (Å²) in [6.45, 7) is 4.54. The van der Waals surface area contributed by atoms with E-state index >= 15 is 0 Å². The number of nitriles is 1. The summed E-state index contributed by atoms with van der Waals surface area (Å²) in [6, 6.07) is 2.44. The topological polar surface area (TPSA) is 27.0 Å². The normalized spacial score (nSPS) is 47.4. The molecule has 66 valence electrons. The van der Waals surface area contributed by atoms with Crippen LogP contribution in [0.1, 0.15) is 19.8 Å². The predicted octanol–water partition coefficient (Wildman–Crippen LogP) is 1.49. The van der Waals surface area contributed by atoms with Crippen LogP contribution >= 0.6 is 0 Å².